The molecule has 0 saturated carbocycles. The fraction of sp³-hybridized carbons (Fsp3) is 0.143. The van der Waals surface area contributed by atoms with Crippen molar-refractivity contribution in [1.29, 1.82) is 4.78 Å². The molecule has 2 aliphatic heterocycles. The van der Waals surface area contributed by atoms with E-state index in [2.05, 4.69) is 0 Å². The predicted molar refractivity (Wildman–Crippen MR) is 41.3 cm³/mol. The van der Waals surface area contributed by atoms with Crippen LogP contribution in [-0.2, 0) is 15.4 Å². The van der Waals surface area contributed by atoms with E-state index in [0.29, 0.717) is 6.61 Å². The zero-order valence-electron chi connectivity index (χ0n) is 5.33. The molecule has 2 aliphatic rings. The van der Waals surface area contributed by atoms with Gasteiger partial charge in [0.2, 0.25) is 0 Å². The molecule has 0 aromatic rings. The van der Waals surface area contributed by atoms with Gasteiger partial charge in [-0.15, -0.1) is 0 Å². The minimum atomic E-state index is -0.452. The fourth-order valence-corrected chi connectivity index (χ4v) is 1.95. The lowest BCUT2D eigenvalue weighted by Crippen LogP contribution is -1.97. The molecule has 52 valence electrons. The first-order chi connectivity index (χ1) is 4.88. The van der Waals surface area contributed by atoms with Gasteiger partial charge >= 0.3 is 0 Å². The second-order valence-corrected chi connectivity index (χ2v) is 3.47. The first kappa shape index (κ1) is 5.92. The molecule has 0 radical (unpaired) electrons. The Morgan fingerprint density at radius 2 is 2.40 bits per heavy atom. The van der Waals surface area contributed by atoms with E-state index < -0.39 is 10.7 Å². The van der Waals surface area contributed by atoms with Gasteiger partial charge in [0.15, 0.2) is 0 Å². The summed E-state index contributed by atoms with van der Waals surface area (Å²) in [7, 11) is -0.452. The maximum absolute atomic E-state index is 7.51. The Labute approximate surface area is 61.8 Å². The molecule has 2 heterocycles. The topological polar surface area (TPSA) is 33.1 Å². The van der Waals surface area contributed by atoms with Crippen LogP contribution in [0, 0.1) is 4.78 Å². The van der Waals surface area contributed by atoms with Crippen LogP contribution in [0.5, 0.6) is 0 Å². The van der Waals surface area contributed by atoms with E-state index in [0.717, 1.165) is 10.7 Å². The third kappa shape index (κ3) is 0.743. The fourth-order valence-electron chi connectivity index (χ4n) is 0.961. The van der Waals surface area contributed by atoms with Crippen molar-refractivity contribution in [2.45, 2.75) is 0 Å². The molecule has 0 aliphatic carbocycles. The van der Waals surface area contributed by atoms with Gasteiger partial charge in [0.1, 0.15) is 12.4 Å². The van der Waals surface area contributed by atoms with Crippen LogP contribution in [-0.4, -0.2) is 6.61 Å². The summed E-state index contributed by atoms with van der Waals surface area (Å²) >= 11 is 0. The highest BCUT2D eigenvalue weighted by atomic mass is 32.2. The molecule has 1 N–H and O–H groups in total. The average Bonchev–Trinajstić information content (AvgIpc) is 2.34. The maximum atomic E-state index is 7.51. The van der Waals surface area contributed by atoms with E-state index in [-0.39, 0.29) is 0 Å². The molecule has 0 saturated heterocycles. The number of hydrogen-bond acceptors (Lipinski definition) is 2. The van der Waals surface area contributed by atoms with Gasteiger partial charge in [-0.3, -0.25) is 4.78 Å². The molecule has 0 spiro atoms. The molecule has 0 amide bonds. The van der Waals surface area contributed by atoms with Crippen molar-refractivity contribution in [1.82, 2.24) is 0 Å². The van der Waals surface area contributed by atoms with Crippen molar-refractivity contribution in [3.63, 3.8) is 0 Å². The van der Waals surface area contributed by atoms with Crippen molar-refractivity contribution < 1.29 is 4.74 Å². The van der Waals surface area contributed by atoms with Gasteiger partial charge in [-0.2, -0.15) is 0 Å². The number of rotatable bonds is 0. The van der Waals surface area contributed by atoms with Crippen LogP contribution in [0.15, 0.2) is 34.3 Å². The van der Waals surface area contributed by atoms with E-state index in [1.54, 1.807) is 0 Å². The maximum Gasteiger partial charge on any atom is 0.135 e. The first-order valence-electron chi connectivity index (χ1n) is 3.04. The van der Waals surface area contributed by atoms with E-state index in [9.17, 15) is 0 Å². The van der Waals surface area contributed by atoms with Crippen LogP contribution >= 0.6 is 0 Å². The van der Waals surface area contributed by atoms with Crippen LogP contribution in [0.1, 0.15) is 0 Å². The largest absolute Gasteiger partial charge is 0.488 e. The van der Waals surface area contributed by atoms with E-state index >= 15 is 0 Å². The van der Waals surface area contributed by atoms with Crippen LogP contribution in [0.4, 0.5) is 0 Å². The monoisotopic (exact) mass is 153 g/mol. The molecule has 1 atom stereocenters. The van der Waals surface area contributed by atoms with Gasteiger partial charge in [-0.25, -0.2) is 0 Å². The highest BCUT2D eigenvalue weighted by Crippen LogP contribution is 2.24. The van der Waals surface area contributed by atoms with Crippen LogP contribution in [0.25, 0.3) is 0 Å². The average molecular weight is 153 g/mol. The Kier molecular flexibility index (Phi) is 1.24. The third-order valence-corrected chi connectivity index (χ3v) is 2.66. The van der Waals surface area contributed by atoms with Crippen LogP contribution in [0.2, 0.25) is 0 Å². The summed E-state index contributed by atoms with van der Waals surface area (Å²) in [4.78, 5) is 1.02. The highest BCUT2D eigenvalue weighted by molar-refractivity contribution is 7.93. The molecule has 0 aromatic carbocycles. The van der Waals surface area contributed by atoms with Crippen molar-refractivity contribution in [3.8, 4) is 0 Å². The van der Waals surface area contributed by atoms with Gasteiger partial charge in [0, 0.05) is 0 Å². The number of allylic oxidation sites excluding steroid dienone is 2. The predicted octanol–water partition coefficient (Wildman–Crippen LogP) is 1.69. The van der Waals surface area contributed by atoms with Crippen LogP contribution in [0.3, 0.4) is 0 Å². The standard InChI is InChI=1S/C7H7NOS/c8-10-5-3-6-7(10)2-1-4-9-6/h1-3,5,8H,4H2. The molecule has 1 unspecified atom stereocenters. The Morgan fingerprint density at radius 1 is 1.50 bits per heavy atom. The minimum absolute atomic E-state index is 0.452. The normalized spacial score (nSPS) is 28.6. The zero-order chi connectivity index (χ0) is 6.97. The minimum Gasteiger partial charge on any atom is -0.488 e. The SMILES string of the molecule is N=S1C=CC2=C1C=CCO2. The Bertz CT molecular complexity index is 275. The second-order valence-electron chi connectivity index (χ2n) is 2.08. The molecule has 2 nitrogen and oxygen atoms in total. The van der Waals surface area contributed by atoms with Crippen molar-refractivity contribution >= 4 is 10.7 Å². The van der Waals surface area contributed by atoms with Crippen molar-refractivity contribution in [2.24, 2.45) is 0 Å². The lowest BCUT2D eigenvalue weighted by atomic mass is 10.3. The van der Waals surface area contributed by atoms with E-state index in [4.69, 9.17) is 9.52 Å². The molecule has 0 fully saturated rings. The Hall–Kier alpha value is -0.830. The quantitative estimate of drug-likeness (QED) is 0.564. The smallest absolute Gasteiger partial charge is 0.135 e. The lowest BCUT2D eigenvalue weighted by Gasteiger charge is -2.08. The molecular weight excluding hydrogens is 146 g/mol. The first-order valence-corrected chi connectivity index (χ1v) is 4.33. The second kappa shape index (κ2) is 2.09. The van der Waals surface area contributed by atoms with Crippen molar-refractivity contribution in [2.75, 3.05) is 6.61 Å². The summed E-state index contributed by atoms with van der Waals surface area (Å²) < 4.78 is 12.8. The van der Waals surface area contributed by atoms with Gasteiger partial charge in [0.05, 0.1) is 4.91 Å². The van der Waals surface area contributed by atoms with Gasteiger partial charge in [0.25, 0.3) is 0 Å². The molecule has 0 aromatic heterocycles. The van der Waals surface area contributed by atoms with Gasteiger partial charge < -0.3 is 4.74 Å². The van der Waals surface area contributed by atoms with Gasteiger partial charge in [-0.1, -0.05) is 0 Å². The third-order valence-electron chi connectivity index (χ3n) is 1.44. The summed E-state index contributed by atoms with van der Waals surface area (Å²) in [6.45, 7) is 0.653. The molecular formula is C7H7NOS. The van der Waals surface area contributed by atoms with E-state index in [1.165, 1.54) is 0 Å². The molecule has 3 heteroatoms. The zero-order valence-corrected chi connectivity index (χ0v) is 6.15. The summed E-state index contributed by atoms with van der Waals surface area (Å²) in [6, 6.07) is 0. The highest BCUT2D eigenvalue weighted by Gasteiger charge is 2.14. The van der Waals surface area contributed by atoms with Gasteiger partial charge in [-0.05, 0) is 34.3 Å². The van der Waals surface area contributed by atoms with E-state index in [1.807, 2.05) is 23.6 Å². The van der Waals surface area contributed by atoms with Crippen molar-refractivity contribution in [3.05, 3.63) is 34.3 Å². The summed E-state index contributed by atoms with van der Waals surface area (Å²) in [5.41, 5.74) is 0. The Balaban J connectivity index is 2.46. The number of hydrogen-bond donors (Lipinski definition) is 1. The summed E-state index contributed by atoms with van der Waals surface area (Å²) in [5.74, 6) is 0.890. The Morgan fingerprint density at radius 3 is 3.20 bits per heavy atom. The number of nitrogens with one attached hydrogen (secondary N) is 1. The number of ether oxygens (including phenoxy) is 1. The molecule has 0 bridgehead atoms. The lowest BCUT2D eigenvalue weighted by molar-refractivity contribution is 0.257. The summed E-state index contributed by atoms with van der Waals surface area (Å²) in [6.07, 6.45) is 5.81. The van der Waals surface area contributed by atoms with Crippen LogP contribution < -0.4 is 0 Å². The molecule has 2 rings (SSSR count). The molecule has 10 heavy (non-hydrogen) atoms. The summed E-state index contributed by atoms with van der Waals surface area (Å²) in [5, 5.41) is 1.86.